The SMILES string of the molecule is C=CC(C)=C(C)CO/C=C(/C=O)C1Cc2ccccc2C1. The fourth-order valence-corrected chi connectivity index (χ4v) is 2.57. The third-order valence-electron chi connectivity index (χ3n) is 4.16. The van der Waals surface area contributed by atoms with E-state index in [0.29, 0.717) is 6.61 Å². The topological polar surface area (TPSA) is 26.3 Å². The summed E-state index contributed by atoms with van der Waals surface area (Å²) in [6.45, 7) is 8.25. The first-order valence-electron chi connectivity index (χ1n) is 7.28. The molecule has 21 heavy (non-hydrogen) atoms. The molecule has 0 aliphatic heterocycles. The van der Waals surface area contributed by atoms with Gasteiger partial charge in [-0.1, -0.05) is 36.9 Å². The molecule has 0 N–H and O–H groups in total. The van der Waals surface area contributed by atoms with E-state index in [4.69, 9.17) is 4.74 Å². The first-order valence-corrected chi connectivity index (χ1v) is 7.28. The lowest BCUT2D eigenvalue weighted by atomic mass is 9.98. The van der Waals surface area contributed by atoms with Crippen LogP contribution in [-0.4, -0.2) is 12.9 Å². The molecule has 2 heteroatoms. The molecular weight excluding hydrogens is 260 g/mol. The molecule has 2 rings (SSSR count). The second-order valence-electron chi connectivity index (χ2n) is 5.59. The first kappa shape index (κ1) is 15.3. The Labute approximate surface area is 126 Å². The highest BCUT2D eigenvalue weighted by atomic mass is 16.5. The molecule has 0 amide bonds. The summed E-state index contributed by atoms with van der Waals surface area (Å²) >= 11 is 0. The molecule has 0 atom stereocenters. The number of carbonyl (C=O) groups is 1. The maximum Gasteiger partial charge on any atom is 0.149 e. The molecule has 0 aromatic heterocycles. The van der Waals surface area contributed by atoms with Gasteiger partial charge in [-0.25, -0.2) is 0 Å². The molecule has 1 aliphatic rings. The van der Waals surface area contributed by atoms with Crippen LogP contribution in [0.5, 0.6) is 0 Å². The fourth-order valence-electron chi connectivity index (χ4n) is 2.57. The number of hydrogen-bond donors (Lipinski definition) is 0. The van der Waals surface area contributed by atoms with Gasteiger partial charge in [-0.2, -0.15) is 0 Å². The highest BCUT2D eigenvalue weighted by molar-refractivity contribution is 5.74. The van der Waals surface area contributed by atoms with Gasteiger partial charge in [-0.3, -0.25) is 4.79 Å². The van der Waals surface area contributed by atoms with Crippen LogP contribution in [0.4, 0.5) is 0 Å². The van der Waals surface area contributed by atoms with Crippen LogP contribution < -0.4 is 0 Å². The van der Waals surface area contributed by atoms with Crippen molar-refractivity contribution in [1.29, 1.82) is 0 Å². The van der Waals surface area contributed by atoms with Crippen LogP contribution in [-0.2, 0) is 22.4 Å². The second kappa shape index (κ2) is 7.07. The largest absolute Gasteiger partial charge is 0.496 e. The highest BCUT2D eigenvalue weighted by Crippen LogP contribution is 2.30. The van der Waals surface area contributed by atoms with Crippen molar-refractivity contribution < 1.29 is 9.53 Å². The third-order valence-corrected chi connectivity index (χ3v) is 4.16. The van der Waals surface area contributed by atoms with Crippen LogP contribution in [0, 0.1) is 5.92 Å². The Balaban J connectivity index is 2.00. The summed E-state index contributed by atoms with van der Waals surface area (Å²) in [5.41, 5.74) is 5.67. The average Bonchev–Trinajstić information content (AvgIpc) is 2.94. The number of carbonyl (C=O) groups excluding carboxylic acids is 1. The van der Waals surface area contributed by atoms with Gasteiger partial charge in [0, 0.05) is 5.57 Å². The molecule has 0 unspecified atom stereocenters. The summed E-state index contributed by atoms with van der Waals surface area (Å²) in [5, 5.41) is 0. The Hall–Kier alpha value is -2.09. The Morgan fingerprint density at radius 2 is 1.90 bits per heavy atom. The predicted molar refractivity (Wildman–Crippen MR) is 86.0 cm³/mol. The summed E-state index contributed by atoms with van der Waals surface area (Å²) in [6.07, 6.45) is 6.21. The molecule has 1 aromatic carbocycles. The maximum atomic E-state index is 11.3. The minimum atomic E-state index is 0.240. The van der Waals surface area contributed by atoms with E-state index in [9.17, 15) is 4.79 Å². The van der Waals surface area contributed by atoms with Gasteiger partial charge in [0.1, 0.15) is 12.9 Å². The van der Waals surface area contributed by atoms with Crippen LogP contribution in [0.2, 0.25) is 0 Å². The predicted octanol–water partition coefficient (Wildman–Crippen LogP) is 4.02. The van der Waals surface area contributed by atoms with Crippen molar-refractivity contribution in [2.24, 2.45) is 5.92 Å². The van der Waals surface area contributed by atoms with Crippen molar-refractivity contribution in [3.05, 3.63) is 71.0 Å². The van der Waals surface area contributed by atoms with Gasteiger partial charge in [-0.05, 0) is 54.9 Å². The van der Waals surface area contributed by atoms with Crippen molar-refractivity contribution in [3.63, 3.8) is 0 Å². The van der Waals surface area contributed by atoms with E-state index >= 15 is 0 Å². The number of ether oxygens (including phenoxy) is 1. The minimum Gasteiger partial charge on any atom is -0.496 e. The van der Waals surface area contributed by atoms with Crippen LogP contribution >= 0.6 is 0 Å². The lowest BCUT2D eigenvalue weighted by molar-refractivity contribution is -0.105. The van der Waals surface area contributed by atoms with Crippen LogP contribution in [0.3, 0.4) is 0 Å². The van der Waals surface area contributed by atoms with Crippen molar-refractivity contribution in [2.75, 3.05) is 6.61 Å². The number of aldehydes is 1. The average molecular weight is 282 g/mol. The molecule has 0 spiro atoms. The molecule has 110 valence electrons. The van der Waals surface area contributed by atoms with Crippen molar-refractivity contribution in [3.8, 4) is 0 Å². The summed E-state index contributed by atoms with van der Waals surface area (Å²) < 4.78 is 5.58. The molecule has 0 bridgehead atoms. The molecule has 0 saturated heterocycles. The fraction of sp³-hybridized carbons (Fsp3) is 0.316. The van der Waals surface area contributed by atoms with Crippen molar-refractivity contribution >= 4 is 6.29 Å². The lowest BCUT2D eigenvalue weighted by Gasteiger charge is -2.10. The van der Waals surface area contributed by atoms with Gasteiger partial charge < -0.3 is 4.74 Å². The monoisotopic (exact) mass is 282 g/mol. The quantitative estimate of drug-likeness (QED) is 0.341. The molecule has 0 fully saturated rings. The first-order chi connectivity index (χ1) is 10.2. The van der Waals surface area contributed by atoms with Crippen LogP contribution in [0.15, 0.2) is 59.9 Å². The van der Waals surface area contributed by atoms with Crippen molar-refractivity contribution in [1.82, 2.24) is 0 Å². The van der Waals surface area contributed by atoms with Gasteiger partial charge in [-0.15, -0.1) is 0 Å². The van der Waals surface area contributed by atoms with E-state index in [0.717, 1.165) is 35.8 Å². The number of hydrogen-bond acceptors (Lipinski definition) is 2. The van der Waals surface area contributed by atoms with Crippen molar-refractivity contribution in [2.45, 2.75) is 26.7 Å². The number of benzene rings is 1. The van der Waals surface area contributed by atoms with E-state index in [2.05, 4.69) is 18.7 Å². The summed E-state index contributed by atoms with van der Waals surface area (Å²) in [4.78, 5) is 11.3. The Bertz CT molecular complexity index is 568. The minimum absolute atomic E-state index is 0.240. The lowest BCUT2D eigenvalue weighted by Crippen LogP contribution is -2.06. The zero-order valence-corrected chi connectivity index (χ0v) is 12.8. The van der Waals surface area contributed by atoms with E-state index in [1.54, 1.807) is 6.26 Å². The zero-order chi connectivity index (χ0) is 15.2. The van der Waals surface area contributed by atoms with Gasteiger partial charge in [0.05, 0.1) is 6.26 Å². The molecular formula is C19H22O2. The van der Waals surface area contributed by atoms with Gasteiger partial charge in [0.2, 0.25) is 0 Å². The van der Waals surface area contributed by atoms with E-state index in [1.165, 1.54) is 11.1 Å². The highest BCUT2D eigenvalue weighted by Gasteiger charge is 2.24. The number of rotatable bonds is 6. The second-order valence-corrected chi connectivity index (χ2v) is 5.59. The molecule has 0 heterocycles. The maximum absolute atomic E-state index is 11.3. The molecule has 1 aliphatic carbocycles. The number of fused-ring (bicyclic) bond motifs is 1. The summed E-state index contributed by atoms with van der Waals surface area (Å²) in [7, 11) is 0. The van der Waals surface area contributed by atoms with Crippen LogP contribution in [0.1, 0.15) is 25.0 Å². The Morgan fingerprint density at radius 3 is 2.43 bits per heavy atom. The molecule has 0 radical (unpaired) electrons. The third kappa shape index (κ3) is 3.72. The van der Waals surface area contributed by atoms with E-state index in [1.807, 2.05) is 32.1 Å². The summed E-state index contributed by atoms with van der Waals surface area (Å²) in [6, 6.07) is 8.38. The number of allylic oxidation sites excluding steroid dienone is 3. The Morgan fingerprint density at radius 1 is 1.29 bits per heavy atom. The van der Waals surface area contributed by atoms with Crippen LogP contribution in [0.25, 0.3) is 0 Å². The summed E-state index contributed by atoms with van der Waals surface area (Å²) in [5.74, 6) is 0.240. The van der Waals surface area contributed by atoms with E-state index < -0.39 is 0 Å². The molecule has 1 aromatic rings. The zero-order valence-electron chi connectivity index (χ0n) is 12.8. The molecule has 2 nitrogen and oxygen atoms in total. The van der Waals surface area contributed by atoms with Gasteiger partial charge >= 0.3 is 0 Å². The normalized spacial score (nSPS) is 16.2. The Kier molecular flexibility index (Phi) is 5.15. The van der Waals surface area contributed by atoms with Gasteiger partial charge in [0.25, 0.3) is 0 Å². The molecule has 0 saturated carbocycles. The van der Waals surface area contributed by atoms with Gasteiger partial charge in [0.15, 0.2) is 0 Å². The van der Waals surface area contributed by atoms with E-state index in [-0.39, 0.29) is 5.92 Å². The smallest absolute Gasteiger partial charge is 0.149 e. The standard InChI is InChI=1S/C19H22O2/c1-4-14(2)15(3)12-21-13-19(11-20)18-9-16-7-5-6-8-17(16)10-18/h4-8,11,13,18H,1,9-10,12H2,2-3H3/b15-14?,19-13-.